The Morgan fingerprint density at radius 1 is 1.53 bits per heavy atom. The molecule has 0 bridgehead atoms. The summed E-state index contributed by atoms with van der Waals surface area (Å²) in [5, 5.41) is 8.98. The molecule has 82 valence electrons. The lowest BCUT2D eigenvalue weighted by Gasteiger charge is -2.10. The van der Waals surface area contributed by atoms with Gasteiger partial charge in [0, 0.05) is 9.13 Å². The van der Waals surface area contributed by atoms with Gasteiger partial charge in [0.1, 0.15) is 0 Å². The van der Waals surface area contributed by atoms with E-state index in [9.17, 15) is 9.18 Å². The summed E-state index contributed by atoms with van der Waals surface area (Å²) in [5.41, 5.74) is 1.35. The van der Waals surface area contributed by atoms with E-state index < -0.39 is 18.1 Å². The van der Waals surface area contributed by atoms with Crippen molar-refractivity contribution in [1.29, 1.82) is 0 Å². The molecule has 0 saturated carbocycles. The number of carbonyl (C=O) groups excluding carboxylic acids is 1. The Balaban J connectivity index is 2.97. The molecule has 0 fully saturated rings. The van der Waals surface area contributed by atoms with Crippen LogP contribution in [0.1, 0.15) is 22.8 Å². The number of hydrogen-bond donors (Lipinski definition) is 1. The summed E-state index contributed by atoms with van der Waals surface area (Å²) in [5.74, 6) is -0.664. The van der Waals surface area contributed by atoms with Crippen LogP contribution in [0.5, 0.6) is 0 Å². The lowest BCUT2D eigenvalue weighted by molar-refractivity contribution is 0.0613. The lowest BCUT2D eigenvalue weighted by atomic mass is 10.0. The predicted octanol–water partition coefficient (Wildman–Crippen LogP) is 2.50. The number of alkyl halides is 1. The van der Waals surface area contributed by atoms with E-state index in [2.05, 4.69) is 22.6 Å². The molecule has 2 unspecified atom stereocenters. The van der Waals surface area contributed by atoms with Gasteiger partial charge in [-0.05, 0) is 48.1 Å². The number of ketones is 1. The predicted molar refractivity (Wildman–Crippen MR) is 64.8 cm³/mol. The molecule has 4 heteroatoms. The second-order valence-corrected chi connectivity index (χ2v) is 4.63. The normalized spacial score (nSPS) is 14.7. The first-order chi connectivity index (χ1) is 6.93. The molecule has 0 amide bonds. The fraction of sp³-hybridized carbons (Fsp3) is 0.364. The van der Waals surface area contributed by atoms with Crippen molar-refractivity contribution < 1.29 is 14.3 Å². The van der Waals surface area contributed by atoms with Crippen molar-refractivity contribution >= 4 is 28.4 Å². The van der Waals surface area contributed by atoms with Crippen LogP contribution in [0.15, 0.2) is 18.2 Å². The van der Waals surface area contributed by atoms with E-state index >= 15 is 0 Å². The molecule has 0 saturated heterocycles. The minimum atomic E-state index is -1.84. The number of aryl methyl sites for hydroxylation is 1. The molecule has 1 N–H and O–H groups in total. The number of aliphatic hydroxyl groups is 1. The second kappa shape index (κ2) is 5.03. The summed E-state index contributed by atoms with van der Waals surface area (Å²) in [6.45, 7) is 3.18. The fourth-order valence-corrected chi connectivity index (χ4v) is 1.64. The number of Topliss-reactive ketones (excluding diaryl/α,β-unsaturated/α-hetero) is 1. The molecule has 2 nitrogen and oxygen atoms in total. The molecule has 0 radical (unpaired) electrons. The standard InChI is InChI=1S/C11H12FIO2/c1-6-3-4-8(5-9(6)13)11(15)10(12)7(2)14/h3-5,7,10,14H,1-2H3. The van der Waals surface area contributed by atoms with E-state index in [1.807, 2.05) is 6.92 Å². The maximum atomic E-state index is 13.2. The van der Waals surface area contributed by atoms with Gasteiger partial charge in [-0.1, -0.05) is 12.1 Å². The van der Waals surface area contributed by atoms with Crippen LogP contribution in [0.2, 0.25) is 0 Å². The molecule has 1 rings (SSSR count). The van der Waals surface area contributed by atoms with Gasteiger partial charge in [0.2, 0.25) is 0 Å². The molecule has 0 aliphatic rings. The maximum Gasteiger partial charge on any atom is 0.199 e. The van der Waals surface area contributed by atoms with Crippen molar-refractivity contribution in [3.8, 4) is 0 Å². The third kappa shape index (κ3) is 2.98. The minimum absolute atomic E-state index is 0.304. The van der Waals surface area contributed by atoms with Crippen LogP contribution in [0.25, 0.3) is 0 Å². The van der Waals surface area contributed by atoms with Crippen molar-refractivity contribution in [3.05, 3.63) is 32.9 Å². The third-order valence-corrected chi connectivity index (χ3v) is 3.29. The van der Waals surface area contributed by atoms with E-state index in [1.54, 1.807) is 18.2 Å². The van der Waals surface area contributed by atoms with Gasteiger partial charge in [-0.3, -0.25) is 4.79 Å². The summed E-state index contributed by atoms with van der Waals surface area (Å²) in [6.07, 6.45) is -3.11. The first-order valence-corrected chi connectivity index (χ1v) is 5.64. The smallest absolute Gasteiger partial charge is 0.199 e. The van der Waals surface area contributed by atoms with Crippen LogP contribution < -0.4 is 0 Å². The van der Waals surface area contributed by atoms with E-state index in [0.29, 0.717) is 5.56 Å². The zero-order valence-corrected chi connectivity index (χ0v) is 10.7. The molecule has 1 aromatic carbocycles. The monoisotopic (exact) mass is 322 g/mol. The van der Waals surface area contributed by atoms with Gasteiger partial charge < -0.3 is 5.11 Å². The highest BCUT2D eigenvalue weighted by atomic mass is 127. The van der Waals surface area contributed by atoms with Crippen LogP contribution in [0, 0.1) is 10.5 Å². The van der Waals surface area contributed by atoms with Gasteiger partial charge in [-0.2, -0.15) is 0 Å². The van der Waals surface area contributed by atoms with Gasteiger partial charge in [-0.25, -0.2) is 4.39 Å². The summed E-state index contributed by atoms with van der Waals surface area (Å²) < 4.78 is 14.1. The van der Waals surface area contributed by atoms with Gasteiger partial charge in [0.25, 0.3) is 0 Å². The Bertz CT molecular complexity index is 377. The van der Waals surface area contributed by atoms with Crippen LogP contribution in [0.3, 0.4) is 0 Å². The Kier molecular flexibility index (Phi) is 4.21. The number of carbonyl (C=O) groups is 1. The Morgan fingerprint density at radius 2 is 2.13 bits per heavy atom. The molecule has 0 spiro atoms. The molecular formula is C11H12FIO2. The second-order valence-electron chi connectivity index (χ2n) is 3.47. The van der Waals surface area contributed by atoms with Crippen LogP contribution in [-0.2, 0) is 0 Å². The van der Waals surface area contributed by atoms with Crippen LogP contribution >= 0.6 is 22.6 Å². The molecule has 2 atom stereocenters. The number of aliphatic hydroxyl groups excluding tert-OH is 1. The molecule has 0 aliphatic carbocycles. The minimum Gasteiger partial charge on any atom is -0.390 e. The molecule has 1 aromatic rings. The van der Waals surface area contributed by atoms with Gasteiger partial charge in [0.05, 0.1) is 6.10 Å². The number of hydrogen-bond acceptors (Lipinski definition) is 2. The van der Waals surface area contributed by atoms with Gasteiger partial charge in [0.15, 0.2) is 12.0 Å². The average molecular weight is 322 g/mol. The first kappa shape index (κ1) is 12.6. The fourth-order valence-electron chi connectivity index (χ4n) is 1.12. The van der Waals surface area contributed by atoms with Gasteiger partial charge >= 0.3 is 0 Å². The molecule has 15 heavy (non-hydrogen) atoms. The van der Waals surface area contributed by atoms with E-state index in [1.165, 1.54) is 6.92 Å². The Labute approximate surface area is 102 Å². The van der Waals surface area contributed by atoms with Crippen molar-refractivity contribution in [2.45, 2.75) is 26.1 Å². The quantitative estimate of drug-likeness (QED) is 0.686. The summed E-state index contributed by atoms with van der Waals surface area (Å²) >= 11 is 2.09. The SMILES string of the molecule is Cc1ccc(C(=O)C(F)C(C)O)cc1I. The molecule has 0 aliphatic heterocycles. The lowest BCUT2D eigenvalue weighted by Crippen LogP contribution is -2.27. The average Bonchev–Trinajstić information content (AvgIpc) is 2.19. The summed E-state index contributed by atoms with van der Waals surface area (Å²) in [4.78, 5) is 11.5. The summed E-state index contributed by atoms with van der Waals surface area (Å²) in [7, 11) is 0. The van der Waals surface area contributed by atoms with E-state index in [-0.39, 0.29) is 0 Å². The van der Waals surface area contributed by atoms with E-state index in [0.717, 1.165) is 9.13 Å². The third-order valence-electron chi connectivity index (χ3n) is 2.13. The van der Waals surface area contributed by atoms with Crippen molar-refractivity contribution in [3.63, 3.8) is 0 Å². The highest BCUT2D eigenvalue weighted by Crippen LogP contribution is 2.16. The number of rotatable bonds is 3. The Morgan fingerprint density at radius 3 is 2.60 bits per heavy atom. The summed E-state index contributed by atoms with van der Waals surface area (Å²) in [6, 6.07) is 4.98. The molecule has 0 aromatic heterocycles. The highest BCUT2D eigenvalue weighted by Gasteiger charge is 2.24. The molecular weight excluding hydrogens is 310 g/mol. The number of benzene rings is 1. The number of halogens is 2. The zero-order valence-electron chi connectivity index (χ0n) is 8.50. The van der Waals surface area contributed by atoms with Crippen molar-refractivity contribution in [2.24, 2.45) is 0 Å². The van der Waals surface area contributed by atoms with Gasteiger partial charge in [-0.15, -0.1) is 0 Å². The zero-order chi connectivity index (χ0) is 11.6. The van der Waals surface area contributed by atoms with Crippen LogP contribution in [0.4, 0.5) is 4.39 Å². The Hall–Kier alpha value is -0.490. The first-order valence-electron chi connectivity index (χ1n) is 4.56. The van der Waals surface area contributed by atoms with E-state index in [4.69, 9.17) is 5.11 Å². The largest absolute Gasteiger partial charge is 0.390 e. The van der Waals surface area contributed by atoms with Crippen molar-refractivity contribution in [1.82, 2.24) is 0 Å². The highest BCUT2D eigenvalue weighted by molar-refractivity contribution is 14.1. The molecule has 0 heterocycles. The topological polar surface area (TPSA) is 37.3 Å². The maximum absolute atomic E-state index is 13.2. The van der Waals surface area contributed by atoms with Crippen molar-refractivity contribution in [2.75, 3.05) is 0 Å². The van der Waals surface area contributed by atoms with Crippen LogP contribution in [-0.4, -0.2) is 23.2 Å².